The topological polar surface area (TPSA) is 12.0 Å². The summed E-state index contributed by atoms with van der Waals surface area (Å²) < 4.78 is 14.0. The van der Waals surface area contributed by atoms with E-state index in [-0.39, 0.29) is 5.54 Å². The number of benzene rings is 1. The zero-order valence-corrected chi connectivity index (χ0v) is 9.64. The molecule has 1 aliphatic carbocycles. The first-order valence-corrected chi connectivity index (χ1v) is 5.55. The lowest BCUT2D eigenvalue weighted by atomic mass is 9.70. The lowest BCUT2D eigenvalue weighted by Crippen LogP contribution is -2.52. The molecule has 0 radical (unpaired) electrons. The van der Waals surface area contributed by atoms with Crippen LogP contribution in [0.15, 0.2) is 28.7 Å². The van der Waals surface area contributed by atoms with Gasteiger partial charge in [-0.3, -0.25) is 0 Å². The molecule has 1 nitrogen and oxygen atoms in total. The molecule has 0 saturated heterocycles. The molecule has 14 heavy (non-hydrogen) atoms. The van der Waals surface area contributed by atoms with Gasteiger partial charge in [0.05, 0.1) is 0 Å². The van der Waals surface area contributed by atoms with Crippen molar-refractivity contribution in [2.24, 2.45) is 0 Å². The van der Waals surface area contributed by atoms with Gasteiger partial charge in [0, 0.05) is 22.9 Å². The van der Waals surface area contributed by atoms with Gasteiger partial charge in [-0.2, -0.15) is 0 Å². The Kier molecular flexibility index (Phi) is 2.62. The molecule has 1 aromatic rings. The molecule has 0 atom stereocenters. The van der Waals surface area contributed by atoms with E-state index in [0.717, 1.165) is 4.47 Å². The fraction of sp³-hybridized carbons (Fsp3) is 0.455. The van der Waals surface area contributed by atoms with Crippen LogP contribution < -0.4 is 5.32 Å². The standard InChI is InChI=1S/C11H13BrFN/c1-14-11(6-10(13)7-11)8-2-4-9(12)5-3-8/h2-5,10,14H,6-7H2,1H3. The van der Waals surface area contributed by atoms with Crippen molar-refractivity contribution in [2.75, 3.05) is 7.05 Å². The van der Waals surface area contributed by atoms with Crippen molar-refractivity contribution in [1.82, 2.24) is 5.32 Å². The summed E-state index contributed by atoms with van der Waals surface area (Å²) in [5.74, 6) is 0. The van der Waals surface area contributed by atoms with E-state index < -0.39 is 6.17 Å². The number of alkyl halides is 1. The van der Waals surface area contributed by atoms with Gasteiger partial charge in [0.25, 0.3) is 0 Å². The Hall–Kier alpha value is -0.410. The van der Waals surface area contributed by atoms with E-state index in [2.05, 4.69) is 21.2 Å². The maximum absolute atomic E-state index is 12.9. The molecule has 3 heteroatoms. The Morgan fingerprint density at radius 1 is 1.36 bits per heavy atom. The second-order valence-corrected chi connectivity index (χ2v) is 4.76. The molecule has 0 bridgehead atoms. The van der Waals surface area contributed by atoms with Crippen molar-refractivity contribution in [2.45, 2.75) is 24.6 Å². The number of halogens is 2. The average molecular weight is 258 g/mol. The lowest BCUT2D eigenvalue weighted by molar-refractivity contribution is 0.0718. The Morgan fingerprint density at radius 2 is 1.93 bits per heavy atom. The molecule has 1 fully saturated rings. The fourth-order valence-electron chi connectivity index (χ4n) is 2.05. The number of rotatable bonds is 2. The summed E-state index contributed by atoms with van der Waals surface area (Å²) in [6.07, 6.45) is 0.530. The zero-order chi connectivity index (χ0) is 10.2. The minimum atomic E-state index is -0.647. The quantitative estimate of drug-likeness (QED) is 0.859. The third kappa shape index (κ3) is 1.59. The predicted octanol–water partition coefficient (Wildman–Crippen LogP) is 3.00. The lowest BCUT2D eigenvalue weighted by Gasteiger charge is -2.44. The van der Waals surface area contributed by atoms with E-state index in [9.17, 15) is 4.39 Å². The molecule has 76 valence electrons. The van der Waals surface area contributed by atoms with E-state index >= 15 is 0 Å². The monoisotopic (exact) mass is 257 g/mol. The Morgan fingerprint density at radius 3 is 2.36 bits per heavy atom. The molecule has 0 amide bonds. The highest BCUT2D eigenvalue weighted by molar-refractivity contribution is 9.10. The van der Waals surface area contributed by atoms with Crippen molar-refractivity contribution >= 4 is 15.9 Å². The fourth-order valence-corrected chi connectivity index (χ4v) is 2.31. The van der Waals surface area contributed by atoms with Gasteiger partial charge in [-0.25, -0.2) is 4.39 Å². The molecule has 0 aromatic heterocycles. The Labute approximate surface area is 91.8 Å². The van der Waals surface area contributed by atoms with Gasteiger partial charge in [-0.1, -0.05) is 28.1 Å². The average Bonchev–Trinajstić information content (AvgIpc) is 2.14. The molecular formula is C11H13BrFN. The van der Waals surface area contributed by atoms with Crippen LogP contribution in [-0.2, 0) is 5.54 Å². The molecule has 1 N–H and O–H groups in total. The van der Waals surface area contributed by atoms with E-state index in [0.29, 0.717) is 12.8 Å². The van der Waals surface area contributed by atoms with Gasteiger partial charge in [0.2, 0.25) is 0 Å². The first kappa shape index (κ1) is 10.1. The first-order valence-electron chi connectivity index (χ1n) is 4.75. The number of hydrogen-bond donors (Lipinski definition) is 1. The van der Waals surface area contributed by atoms with Crippen LogP contribution in [0.3, 0.4) is 0 Å². The molecule has 1 aromatic carbocycles. The number of nitrogens with one attached hydrogen (secondary N) is 1. The normalized spacial score (nSPS) is 31.2. The van der Waals surface area contributed by atoms with Gasteiger partial charge in [0.15, 0.2) is 0 Å². The molecule has 1 aliphatic rings. The van der Waals surface area contributed by atoms with Gasteiger partial charge < -0.3 is 5.32 Å². The van der Waals surface area contributed by atoms with Crippen LogP contribution in [0.4, 0.5) is 4.39 Å². The minimum absolute atomic E-state index is 0.125. The molecule has 0 heterocycles. The smallest absolute Gasteiger partial charge is 0.104 e. The molecule has 0 aliphatic heterocycles. The van der Waals surface area contributed by atoms with Crippen molar-refractivity contribution in [3.05, 3.63) is 34.3 Å². The zero-order valence-electron chi connectivity index (χ0n) is 8.06. The minimum Gasteiger partial charge on any atom is -0.310 e. The van der Waals surface area contributed by atoms with Gasteiger partial charge in [-0.15, -0.1) is 0 Å². The summed E-state index contributed by atoms with van der Waals surface area (Å²) in [6.45, 7) is 0. The summed E-state index contributed by atoms with van der Waals surface area (Å²) in [5.41, 5.74) is 1.05. The second-order valence-electron chi connectivity index (χ2n) is 3.84. The van der Waals surface area contributed by atoms with E-state index in [1.54, 1.807) is 0 Å². The van der Waals surface area contributed by atoms with Crippen molar-refractivity contribution in [3.8, 4) is 0 Å². The summed E-state index contributed by atoms with van der Waals surface area (Å²) in [5, 5.41) is 3.23. The third-order valence-corrected chi connectivity index (χ3v) is 3.54. The summed E-state index contributed by atoms with van der Waals surface area (Å²) in [7, 11) is 1.90. The first-order chi connectivity index (χ1) is 6.66. The highest BCUT2D eigenvalue weighted by atomic mass is 79.9. The molecule has 2 rings (SSSR count). The largest absolute Gasteiger partial charge is 0.310 e. The summed E-state index contributed by atoms with van der Waals surface area (Å²) in [4.78, 5) is 0. The third-order valence-electron chi connectivity index (χ3n) is 3.02. The predicted molar refractivity (Wildman–Crippen MR) is 59.0 cm³/mol. The van der Waals surface area contributed by atoms with Gasteiger partial charge >= 0.3 is 0 Å². The Bertz CT molecular complexity index is 317. The van der Waals surface area contributed by atoms with Crippen LogP contribution in [-0.4, -0.2) is 13.2 Å². The maximum atomic E-state index is 12.9. The number of hydrogen-bond acceptors (Lipinski definition) is 1. The van der Waals surface area contributed by atoms with Crippen molar-refractivity contribution < 1.29 is 4.39 Å². The van der Waals surface area contributed by atoms with Gasteiger partial charge in [-0.05, 0) is 24.7 Å². The molecular weight excluding hydrogens is 245 g/mol. The second kappa shape index (κ2) is 3.63. The summed E-state index contributed by atoms with van der Waals surface area (Å²) >= 11 is 3.39. The van der Waals surface area contributed by atoms with Crippen LogP contribution in [0.25, 0.3) is 0 Å². The Balaban J connectivity index is 2.25. The van der Waals surface area contributed by atoms with Crippen molar-refractivity contribution in [3.63, 3.8) is 0 Å². The van der Waals surface area contributed by atoms with Crippen LogP contribution in [0.5, 0.6) is 0 Å². The highest BCUT2D eigenvalue weighted by Gasteiger charge is 2.44. The van der Waals surface area contributed by atoms with Crippen LogP contribution in [0.1, 0.15) is 18.4 Å². The van der Waals surface area contributed by atoms with Crippen LogP contribution >= 0.6 is 15.9 Å². The van der Waals surface area contributed by atoms with E-state index in [4.69, 9.17) is 0 Å². The van der Waals surface area contributed by atoms with E-state index in [1.165, 1.54) is 5.56 Å². The molecule has 1 saturated carbocycles. The highest BCUT2D eigenvalue weighted by Crippen LogP contribution is 2.42. The summed E-state index contributed by atoms with van der Waals surface area (Å²) in [6, 6.07) is 8.10. The van der Waals surface area contributed by atoms with E-state index in [1.807, 2.05) is 31.3 Å². The molecule has 0 spiro atoms. The maximum Gasteiger partial charge on any atom is 0.104 e. The van der Waals surface area contributed by atoms with Gasteiger partial charge in [0.1, 0.15) is 6.17 Å². The van der Waals surface area contributed by atoms with Crippen LogP contribution in [0.2, 0.25) is 0 Å². The molecule has 0 unspecified atom stereocenters. The van der Waals surface area contributed by atoms with Crippen molar-refractivity contribution in [1.29, 1.82) is 0 Å². The SMILES string of the molecule is CNC1(c2ccc(Br)cc2)CC(F)C1. The van der Waals surface area contributed by atoms with Crippen LogP contribution in [0, 0.1) is 0 Å².